The van der Waals surface area contributed by atoms with Crippen molar-refractivity contribution in [1.29, 1.82) is 0 Å². The van der Waals surface area contributed by atoms with Crippen LogP contribution in [0.3, 0.4) is 0 Å². The van der Waals surface area contributed by atoms with Crippen molar-refractivity contribution in [1.82, 2.24) is 4.90 Å². The van der Waals surface area contributed by atoms with Crippen LogP contribution in [0.4, 0.5) is 5.69 Å². The Morgan fingerprint density at radius 1 is 1.17 bits per heavy atom. The fourth-order valence-corrected chi connectivity index (χ4v) is 7.23. The van der Waals surface area contributed by atoms with Crippen molar-refractivity contribution >= 4 is 5.69 Å². The van der Waals surface area contributed by atoms with E-state index in [1.54, 1.807) is 6.07 Å². The van der Waals surface area contributed by atoms with Gasteiger partial charge < -0.3 is 19.8 Å². The normalized spacial score (nSPS) is 36.2. The van der Waals surface area contributed by atoms with Gasteiger partial charge in [-0.25, -0.2) is 0 Å². The topological polar surface area (TPSA) is 56.2 Å². The van der Waals surface area contributed by atoms with E-state index in [9.17, 15) is 10.2 Å². The first kappa shape index (κ1) is 18.5. The Bertz CT molecular complexity index is 995. The minimum absolute atomic E-state index is 0.105. The highest BCUT2D eigenvalue weighted by atomic mass is 16.5. The van der Waals surface area contributed by atoms with E-state index in [-0.39, 0.29) is 23.9 Å². The number of likely N-dealkylation sites (tertiary alicyclic amines) is 1. The lowest BCUT2D eigenvalue weighted by Crippen LogP contribution is -2.78. The number of aromatic hydroxyl groups is 1. The summed E-state index contributed by atoms with van der Waals surface area (Å²) in [5.74, 6) is 0.824. The van der Waals surface area contributed by atoms with Crippen molar-refractivity contribution in [2.45, 2.75) is 61.8 Å². The maximum atomic E-state index is 12.4. The van der Waals surface area contributed by atoms with Crippen LogP contribution in [0.15, 0.2) is 42.5 Å². The summed E-state index contributed by atoms with van der Waals surface area (Å²) < 4.78 is 6.63. The number of hydrogen-bond donors (Lipinski definition) is 2. The molecule has 158 valence electrons. The van der Waals surface area contributed by atoms with E-state index in [4.69, 9.17) is 4.74 Å². The third kappa shape index (κ3) is 2.05. The minimum Gasteiger partial charge on any atom is -0.504 e. The first-order chi connectivity index (χ1) is 14.5. The number of rotatable bonds is 3. The average Bonchev–Trinajstić information content (AvgIpc) is 3.11. The van der Waals surface area contributed by atoms with Gasteiger partial charge in [-0.05, 0) is 62.5 Å². The van der Waals surface area contributed by atoms with E-state index in [1.807, 2.05) is 6.07 Å². The second kappa shape index (κ2) is 6.14. The van der Waals surface area contributed by atoms with Gasteiger partial charge in [0.05, 0.1) is 17.1 Å². The number of nitrogens with zero attached hydrogens (tertiary/aromatic N) is 2. The fourth-order valence-electron chi connectivity index (χ4n) is 7.23. The number of phenolic OH excluding ortho intramolecular Hbond substituents is 1. The van der Waals surface area contributed by atoms with E-state index >= 15 is 0 Å². The van der Waals surface area contributed by atoms with Gasteiger partial charge in [0.25, 0.3) is 0 Å². The van der Waals surface area contributed by atoms with Crippen molar-refractivity contribution in [3.05, 3.63) is 53.6 Å². The second-order valence-electron chi connectivity index (χ2n) is 9.53. The molecule has 5 heteroatoms. The second-order valence-corrected chi connectivity index (χ2v) is 9.53. The molecule has 30 heavy (non-hydrogen) atoms. The molecule has 4 aliphatic rings. The van der Waals surface area contributed by atoms with Crippen LogP contribution in [0.2, 0.25) is 0 Å². The third-order valence-corrected chi connectivity index (χ3v) is 8.61. The molecule has 2 aromatic carbocycles. The van der Waals surface area contributed by atoms with E-state index in [0.29, 0.717) is 5.75 Å². The van der Waals surface area contributed by atoms with Crippen molar-refractivity contribution in [2.75, 3.05) is 25.0 Å². The van der Waals surface area contributed by atoms with Gasteiger partial charge in [-0.15, -0.1) is 0 Å². The van der Waals surface area contributed by atoms with Crippen molar-refractivity contribution in [3.63, 3.8) is 0 Å². The molecule has 6 rings (SSSR count). The average molecular weight is 407 g/mol. The van der Waals surface area contributed by atoms with Crippen LogP contribution >= 0.6 is 0 Å². The van der Waals surface area contributed by atoms with Gasteiger partial charge >= 0.3 is 0 Å². The monoisotopic (exact) mass is 406 g/mol. The lowest BCUT2D eigenvalue weighted by atomic mass is 9.48. The minimum atomic E-state index is -0.827. The van der Waals surface area contributed by atoms with Gasteiger partial charge in [0, 0.05) is 24.3 Å². The molecule has 0 aromatic heterocycles. The largest absolute Gasteiger partial charge is 0.504 e. The summed E-state index contributed by atoms with van der Waals surface area (Å²) in [4.78, 5) is 4.77. The molecule has 2 fully saturated rings. The number of phenols is 1. The van der Waals surface area contributed by atoms with Gasteiger partial charge in [0.15, 0.2) is 11.5 Å². The molecule has 1 unspecified atom stereocenters. The zero-order valence-electron chi connectivity index (χ0n) is 17.7. The first-order valence-electron chi connectivity index (χ1n) is 11.3. The molecule has 2 N–H and O–H groups in total. The van der Waals surface area contributed by atoms with Crippen molar-refractivity contribution in [3.8, 4) is 11.5 Å². The van der Waals surface area contributed by atoms with E-state index < -0.39 is 11.0 Å². The van der Waals surface area contributed by atoms with Gasteiger partial charge in [-0.3, -0.25) is 4.90 Å². The van der Waals surface area contributed by atoms with Crippen LogP contribution in [-0.2, 0) is 11.8 Å². The van der Waals surface area contributed by atoms with Crippen LogP contribution in [-0.4, -0.2) is 59.0 Å². The van der Waals surface area contributed by atoms with Crippen LogP contribution in [0.25, 0.3) is 0 Å². The first-order valence-corrected chi connectivity index (χ1v) is 11.3. The molecule has 1 saturated heterocycles. The number of aliphatic hydroxyl groups is 1. The zero-order chi connectivity index (χ0) is 20.7. The highest BCUT2D eigenvalue weighted by molar-refractivity contribution is 5.63. The molecule has 1 saturated carbocycles. The molecule has 0 amide bonds. The Morgan fingerprint density at radius 3 is 2.73 bits per heavy atom. The summed E-state index contributed by atoms with van der Waals surface area (Å²) in [5, 5.41) is 23.1. The number of likely N-dealkylation sites (N-methyl/N-ethyl adjacent to an activating group) is 2. The summed E-state index contributed by atoms with van der Waals surface area (Å²) in [5.41, 5.74) is 2.20. The molecular formula is C25H30N2O3. The highest BCUT2D eigenvalue weighted by Crippen LogP contribution is 2.65. The van der Waals surface area contributed by atoms with Crippen molar-refractivity contribution in [2.24, 2.45) is 0 Å². The molecule has 2 bridgehead atoms. The smallest absolute Gasteiger partial charge is 0.165 e. The van der Waals surface area contributed by atoms with E-state index in [2.05, 4.69) is 54.1 Å². The molecule has 2 aromatic rings. The number of benzene rings is 2. The quantitative estimate of drug-likeness (QED) is 0.821. The summed E-state index contributed by atoms with van der Waals surface area (Å²) in [7, 11) is 2.13. The predicted molar refractivity (Wildman–Crippen MR) is 116 cm³/mol. The molecule has 5 atom stereocenters. The Morgan fingerprint density at radius 2 is 1.97 bits per heavy atom. The number of para-hydroxylation sites is 1. The van der Waals surface area contributed by atoms with Crippen LogP contribution in [0, 0.1) is 0 Å². The predicted octanol–water partition coefficient (Wildman–Crippen LogP) is 3.07. The molecular weight excluding hydrogens is 376 g/mol. The number of hydrogen-bond acceptors (Lipinski definition) is 5. The number of piperidine rings is 1. The van der Waals surface area contributed by atoms with Gasteiger partial charge in [-0.2, -0.15) is 0 Å². The van der Waals surface area contributed by atoms with Gasteiger partial charge in [0.1, 0.15) is 6.10 Å². The summed E-state index contributed by atoms with van der Waals surface area (Å²) in [6.45, 7) is 4.10. The molecule has 1 spiro atoms. The maximum absolute atomic E-state index is 12.4. The standard InChI is InChI=1S/C25H30N2O3/c1-3-27-14-13-24-21-16-9-10-19(28)22(21)30-23(24)18(11-12-25(24,29)20(27)15-16)26(2)17-7-5-4-6-8-17/h4-10,18,20,23,28-29H,3,11-15H2,1-2H3/t18?,20-,23+,24+,25-/m1/s1. The zero-order valence-corrected chi connectivity index (χ0v) is 17.7. The number of anilines is 1. The van der Waals surface area contributed by atoms with E-state index in [1.165, 1.54) is 5.56 Å². The third-order valence-electron chi connectivity index (χ3n) is 8.61. The SMILES string of the molecule is CCN1CC[C@]23c4c5ccc(O)c4O[C@H]2C(N(C)c2ccccc2)CC[C@@]3(O)[C@H]1C5. The molecule has 2 heterocycles. The van der Waals surface area contributed by atoms with Crippen LogP contribution < -0.4 is 9.64 Å². The Kier molecular flexibility index (Phi) is 3.79. The van der Waals surface area contributed by atoms with Crippen LogP contribution in [0.1, 0.15) is 37.3 Å². The molecule has 2 aliphatic heterocycles. The fraction of sp³-hybridized carbons (Fsp3) is 0.520. The highest BCUT2D eigenvalue weighted by Gasteiger charge is 2.73. The summed E-state index contributed by atoms with van der Waals surface area (Å²) in [6.07, 6.45) is 3.13. The van der Waals surface area contributed by atoms with E-state index in [0.717, 1.165) is 50.0 Å². The molecule has 2 aliphatic carbocycles. The van der Waals surface area contributed by atoms with Crippen molar-refractivity contribution < 1.29 is 14.9 Å². The Labute approximate surface area is 177 Å². The lowest BCUT2D eigenvalue weighted by molar-refractivity contribution is -0.188. The maximum Gasteiger partial charge on any atom is 0.165 e. The molecule has 0 radical (unpaired) electrons. The Hall–Kier alpha value is -2.24. The Balaban J connectivity index is 1.53. The summed E-state index contributed by atoms with van der Waals surface area (Å²) in [6, 6.07) is 14.5. The van der Waals surface area contributed by atoms with Gasteiger partial charge in [-0.1, -0.05) is 31.2 Å². The summed E-state index contributed by atoms with van der Waals surface area (Å²) >= 11 is 0. The van der Waals surface area contributed by atoms with Crippen LogP contribution in [0.5, 0.6) is 11.5 Å². The lowest BCUT2D eigenvalue weighted by Gasteiger charge is -2.64. The van der Waals surface area contributed by atoms with Gasteiger partial charge in [0.2, 0.25) is 0 Å². The number of ether oxygens (including phenoxy) is 1. The molecule has 5 nitrogen and oxygen atoms in total.